The molecule has 1 aliphatic rings. The molecule has 0 radical (unpaired) electrons. The van der Waals surface area contributed by atoms with Crippen molar-refractivity contribution in [2.24, 2.45) is 0 Å². The van der Waals surface area contributed by atoms with Gasteiger partial charge in [-0.25, -0.2) is 8.42 Å². The number of rotatable bonds is 7. The van der Waals surface area contributed by atoms with Crippen molar-refractivity contribution in [2.75, 3.05) is 32.8 Å². The Bertz CT molecular complexity index is 1140. The molecule has 0 N–H and O–H groups in total. The molecule has 3 aromatic rings. The van der Waals surface area contributed by atoms with Crippen LogP contribution in [0.5, 0.6) is 5.75 Å². The van der Waals surface area contributed by atoms with E-state index in [2.05, 4.69) is 29.2 Å². The van der Waals surface area contributed by atoms with Gasteiger partial charge in [-0.3, -0.25) is 4.90 Å². The number of nitrogens with zero attached hydrogens (tertiary/aromatic N) is 2. The first kappa shape index (κ1) is 23.8. The normalized spacial score (nSPS) is 15.6. The third-order valence-electron chi connectivity index (χ3n) is 6.01. The van der Waals surface area contributed by atoms with Crippen LogP contribution in [0.4, 0.5) is 0 Å². The molecule has 0 spiro atoms. The lowest BCUT2D eigenvalue weighted by Gasteiger charge is -2.39. The van der Waals surface area contributed by atoms with Crippen molar-refractivity contribution in [3.63, 3.8) is 0 Å². The molecule has 0 aromatic heterocycles. The Morgan fingerprint density at radius 1 is 0.909 bits per heavy atom. The van der Waals surface area contributed by atoms with Gasteiger partial charge in [-0.2, -0.15) is 4.31 Å². The summed E-state index contributed by atoms with van der Waals surface area (Å²) in [6.07, 6.45) is 0. The van der Waals surface area contributed by atoms with Crippen LogP contribution in [0.3, 0.4) is 0 Å². The van der Waals surface area contributed by atoms with E-state index in [-0.39, 0.29) is 10.9 Å². The summed E-state index contributed by atoms with van der Waals surface area (Å²) in [7, 11) is -3.74. The molecule has 1 fully saturated rings. The van der Waals surface area contributed by atoms with Gasteiger partial charge < -0.3 is 4.74 Å². The van der Waals surface area contributed by atoms with Gasteiger partial charge in [-0.05, 0) is 42.7 Å². The van der Waals surface area contributed by atoms with Crippen molar-refractivity contribution in [1.29, 1.82) is 0 Å². The Balaban J connectivity index is 1.58. The molecule has 33 heavy (non-hydrogen) atoms. The third kappa shape index (κ3) is 5.09. The molecule has 174 valence electrons. The number of hydrogen-bond donors (Lipinski definition) is 0. The molecule has 4 rings (SSSR count). The Hall–Kier alpha value is -2.38. The quantitative estimate of drug-likeness (QED) is 0.465. The fourth-order valence-electron chi connectivity index (χ4n) is 4.33. The molecule has 1 aliphatic heterocycles. The lowest BCUT2D eigenvalue weighted by molar-refractivity contribution is 0.155. The highest BCUT2D eigenvalue weighted by Crippen LogP contribution is 2.34. The van der Waals surface area contributed by atoms with E-state index in [1.54, 1.807) is 10.4 Å². The lowest BCUT2D eigenvalue weighted by Crippen LogP contribution is -2.49. The number of benzene rings is 3. The van der Waals surface area contributed by atoms with E-state index in [0.29, 0.717) is 43.6 Å². The molecule has 0 bridgehead atoms. The summed E-state index contributed by atoms with van der Waals surface area (Å²) in [5, 5.41) is 0.420. The Labute approximate surface area is 201 Å². The van der Waals surface area contributed by atoms with Crippen LogP contribution in [0.25, 0.3) is 0 Å². The molecule has 1 saturated heterocycles. The van der Waals surface area contributed by atoms with E-state index in [9.17, 15) is 8.42 Å². The number of piperazine rings is 1. The standard InChI is InChI=1S/C26H29ClN2O3S/c1-3-32-24-18-20(2)23(27)19-25(24)33(30,31)29-16-14-28(15-17-29)26(21-10-6-4-7-11-21)22-12-8-5-9-13-22/h4-13,18-19,26H,3,14-17H2,1-2H3. The predicted octanol–water partition coefficient (Wildman–Crippen LogP) is 5.14. The number of aryl methyl sites for hydroxylation is 1. The molecular formula is C26H29ClN2O3S. The van der Waals surface area contributed by atoms with Gasteiger partial charge in [0.1, 0.15) is 10.6 Å². The topological polar surface area (TPSA) is 49.9 Å². The van der Waals surface area contributed by atoms with Gasteiger partial charge in [0.15, 0.2) is 0 Å². The second-order valence-corrected chi connectivity index (χ2v) is 10.5. The van der Waals surface area contributed by atoms with Crippen molar-refractivity contribution in [3.8, 4) is 5.75 Å². The van der Waals surface area contributed by atoms with Crippen LogP contribution in [0, 0.1) is 6.92 Å². The van der Waals surface area contributed by atoms with Crippen LogP contribution < -0.4 is 4.74 Å². The van der Waals surface area contributed by atoms with Crippen molar-refractivity contribution >= 4 is 21.6 Å². The minimum Gasteiger partial charge on any atom is -0.492 e. The maximum atomic E-state index is 13.5. The number of ether oxygens (including phenoxy) is 1. The van der Waals surface area contributed by atoms with Crippen LogP contribution in [-0.2, 0) is 10.0 Å². The Morgan fingerprint density at radius 3 is 1.97 bits per heavy atom. The van der Waals surface area contributed by atoms with Gasteiger partial charge in [-0.1, -0.05) is 72.3 Å². The molecule has 3 aromatic carbocycles. The van der Waals surface area contributed by atoms with Crippen molar-refractivity contribution < 1.29 is 13.2 Å². The van der Waals surface area contributed by atoms with Crippen molar-refractivity contribution in [3.05, 3.63) is 94.5 Å². The molecule has 1 heterocycles. The largest absolute Gasteiger partial charge is 0.492 e. The fourth-order valence-corrected chi connectivity index (χ4v) is 6.12. The fraction of sp³-hybridized carbons (Fsp3) is 0.308. The first-order valence-electron chi connectivity index (χ1n) is 11.2. The smallest absolute Gasteiger partial charge is 0.246 e. The molecule has 0 atom stereocenters. The first-order chi connectivity index (χ1) is 15.9. The van der Waals surface area contributed by atoms with E-state index in [4.69, 9.17) is 16.3 Å². The zero-order valence-corrected chi connectivity index (χ0v) is 20.5. The zero-order valence-electron chi connectivity index (χ0n) is 18.9. The Morgan fingerprint density at radius 2 is 1.45 bits per heavy atom. The highest BCUT2D eigenvalue weighted by atomic mass is 35.5. The summed E-state index contributed by atoms with van der Waals surface area (Å²) in [4.78, 5) is 2.48. The monoisotopic (exact) mass is 484 g/mol. The lowest BCUT2D eigenvalue weighted by atomic mass is 9.96. The second-order valence-electron chi connectivity index (χ2n) is 8.15. The molecule has 0 aliphatic carbocycles. The van der Waals surface area contributed by atoms with E-state index >= 15 is 0 Å². The Kier molecular flexibility index (Phi) is 7.39. The van der Waals surface area contributed by atoms with Gasteiger partial charge in [0.2, 0.25) is 10.0 Å². The molecule has 0 saturated carbocycles. The number of hydrogen-bond acceptors (Lipinski definition) is 4. The van der Waals surface area contributed by atoms with Crippen LogP contribution in [0.15, 0.2) is 77.7 Å². The highest BCUT2D eigenvalue weighted by Gasteiger charge is 2.34. The maximum Gasteiger partial charge on any atom is 0.246 e. The van der Waals surface area contributed by atoms with Gasteiger partial charge >= 0.3 is 0 Å². The van der Waals surface area contributed by atoms with Crippen LogP contribution in [-0.4, -0.2) is 50.4 Å². The SMILES string of the molecule is CCOc1cc(C)c(Cl)cc1S(=O)(=O)N1CCN(C(c2ccccc2)c2ccccc2)CC1. The summed E-state index contributed by atoms with van der Waals surface area (Å²) in [6, 6.07) is 24.0. The van der Waals surface area contributed by atoms with E-state index in [0.717, 1.165) is 5.56 Å². The molecular weight excluding hydrogens is 456 g/mol. The molecule has 7 heteroatoms. The molecule has 0 unspecified atom stereocenters. The minimum atomic E-state index is -3.74. The van der Waals surface area contributed by atoms with Gasteiger partial charge in [0.25, 0.3) is 0 Å². The summed E-state index contributed by atoms with van der Waals surface area (Å²) >= 11 is 6.28. The van der Waals surface area contributed by atoms with Crippen LogP contribution in [0.1, 0.15) is 29.7 Å². The summed E-state index contributed by atoms with van der Waals surface area (Å²) < 4.78 is 34.3. The van der Waals surface area contributed by atoms with E-state index in [1.807, 2.05) is 50.2 Å². The third-order valence-corrected chi connectivity index (χ3v) is 8.34. The summed E-state index contributed by atoms with van der Waals surface area (Å²) in [6.45, 7) is 6.10. The van der Waals surface area contributed by atoms with Crippen LogP contribution >= 0.6 is 11.6 Å². The highest BCUT2D eigenvalue weighted by molar-refractivity contribution is 7.89. The van der Waals surface area contributed by atoms with E-state index < -0.39 is 10.0 Å². The zero-order chi connectivity index (χ0) is 23.4. The summed E-state index contributed by atoms with van der Waals surface area (Å²) in [5.74, 6) is 0.355. The predicted molar refractivity (Wildman–Crippen MR) is 132 cm³/mol. The van der Waals surface area contributed by atoms with Crippen molar-refractivity contribution in [2.45, 2.75) is 24.8 Å². The second kappa shape index (κ2) is 10.3. The minimum absolute atomic E-state index is 0.0741. The number of sulfonamides is 1. The van der Waals surface area contributed by atoms with Crippen molar-refractivity contribution in [1.82, 2.24) is 9.21 Å². The average Bonchev–Trinajstić information content (AvgIpc) is 2.83. The first-order valence-corrected chi connectivity index (χ1v) is 13.0. The molecule has 0 amide bonds. The molecule has 5 nitrogen and oxygen atoms in total. The van der Waals surface area contributed by atoms with Gasteiger partial charge in [0.05, 0.1) is 12.6 Å². The summed E-state index contributed by atoms with van der Waals surface area (Å²) in [5.41, 5.74) is 3.19. The van der Waals surface area contributed by atoms with Gasteiger partial charge in [0, 0.05) is 31.2 Å². The van der Waals surface area contributed by atoms with Crippen LogP contribution in [0.2, 0.25) is 5.02 Å². The van der Waals surface area contributed by atoms with E-state index in [1.165, 1.54) is 17.2 Å². The maximum absolute atomic E-state index is 13.5. The number of halogens is 1. The average molecular weight is 485 g/mol. The van der Waals surface area contributed by atoms with Gasteiger partial charge in [-0.15, -0.1) is 0 Å².